The van der Waals surface area contributed by atoms with Crippen molar-refractivity contribution in [2.75, 3.05) is 26.2 Å². The maximum Gasteiger partial charge on any atom is 0.409 e. The van der Waals surface area contributed by atoms with Gasteiger partial charge in [-0.15, -0.1) is 0 Å². The molecule has 2 fully saturated rings. The number of ether oxygens (including phenoxy) is 1. The number of nitrogens with zero attached hydrogens (tertiary/aromatic N) is 2. The maximum absolute atomic E-state index is 12.4. The fourth-order valence-electron chi connectivity index (χ4n) is 3.92. The van der Waals surface area contributed by atoms with Crippen LogP contribution in [0.4, 0.5) is 4.79 Å². The summed E-state index contributed by atoms with van der Waals surface area (Å²) in [4.78, 5) is 39.7. The first-order valence-electron chi connectivity index (χ1n) is 9.99. The van der Waals surface area contributed by atoms with E-state index in [2.05, 4.69) is 5.32 Å². The molecule has 0 spiro atoms. The summed E-state index contributed by atoms with van der Waals surface area (Å²) < 4.78 is 5.03. The maximum atomic E-state index is 12.4. The molecule has 7 heteroatoms. The Morgan fingerprint density at radius 2 is 1.65 bits per heavy atom. The zero-order valence-corrected chi connectivity index (χ0v) is 16.2. The third kappa shape index (κ3) is 6.18. The molecule has 1 heterocycles. The second-order valence-corrected chi connectivity index (χ2v) is 7.32. The standard InChI is InChI=1S/C19H33N3O4/c1-3-26-19(25)21-12-10-17(11-13-21)22(15(2)23)14-18(24)20-16-8-6-4-5-7-9-16/h16-17H,3-14H2,1-2H3,(H,20,24). The van der Waals surface area contributed by atoms with E-state index in [4.69, 9.17) is 4.74 Å². The van der Waals surface area contributed by atoms with E-state index in [0.29, 0.717) is 32.5 Å². The first-order valence-corrected chi connectivity index (χ1v) is 9.99. The van der Waals surface area contributed by atoms with Crippen molar-refractivity contribution < 1.29 is 19.1 Å². The summed E-state index contributed by atoms with van der Waals surface area (Å²) in [7, 11) is 0. The second kappa shape index (κ2) is 10.4. The lowest BCUT2D eigenvalue weighted by molar-refractivity contribution is -0.137. The number of hydrogen-bond donors (Lipinski definition) is 1. The molecule has 0 aromatic heterocycles. The van der Waals surface area contributed by atoms with E-state index in [1.165, 1.54) is 19.8 Å². The molecule has 0 aromatic rings. The van der Waals surface area contributed by atoms with Crippen molar-refractivity contribution in [2.24, 2.45) is 0 Å². The van der Waals surface area contributed by atoms with Crippen molar-refractivity contribution in [2.45, 2.75) is 77.3 Å². The average Bonchev–Trinajstić information content (AvgIpc) is 2.88. The molecule has 0 radical (unpaired) electrons. The molecule has 0 aromatic carbocycles. The molecular weight excluding hydrogens is 334 g/mol. The highest BCUT2D eigenvalue weighted by Crippen LogP contribution is 2.19. The van der Waals surface area contributed by atoms with Crippen molar-refractivity contribution in [3.63, 3.8) is 0 Å². The monoisotopic (exact) mass is 367 g/mol. The Bertz CT molecular complexity index is 481. The Hall–Kier alpha value is -1.79. The molecule has 3 amide bonds. The van der Waals surface area contributed by atoms with Crippen LogP contribution in [-0.4, -0.2) is 66.0 Å². The zero-order valence-electron chi connectivity index (χ0n) is 16.2. The number of piperidine rings is 1. The summed E-state index contributed by atoms with van der Waals surface area (Å²) in [5.41, 5.74) is 0. The minimum atomic E-state index is -0.300. The van der Waals surface area contributed by atoms with Gasteiger partial charge in [-0.2, -0.15) is 0 Å². The summed E-state index contributed by atoms with van der Waals surface area (Å²) in [5, 5.41) is 3.11. The van der Waals surface area contributed by atoms with Crippen LogP contribution in [0.5, 0.6) is 0 Å². The van der Waals surface area contributed by atoms with Gasteiger partial charge < -0.3 is 19.9 Å². The predicted molar refractivity (Wildman–Crippen MR) is 98.6 cm³/mol. The van der Waals surface area contributed by atoms with Crippen LogP contribution >= 0.6 is 0 Å². The van der Waals surface area contributed by atoms with Gasteiger partial charge in [-0.25, -0.2) is 4.79 Å². The molecule has 0 bridgehead atoms. The molecule has 2 rings (SSSR count). The van der Waals surface area contributed by atoms with Gasteiger partial charge in [-0.3, -0.25) is 9.59 Å². The van der Waals surface area contributed by atoms with Crippen LogP contribution in [0.15, 0.2) is 0 Å². The van der Waals surface area contributed by atoms with Crippen LogP contribution in [0.1, 0.15) is 65.2 Å². The van der Waals surface area contributed by atoms with Crippen LogP contribution in [0, 0.1) is 0 Å². The third-order valence-corrected chi connectivity index (χ3v) is 5.37. The number of rotatable bonds is 5. The Kier molecular flexibility index (Phi) is 8.19. The quantitative estimate of drug-likeness (QED) is 0.756. The van der Waals surface area contributed by atoms with Crippen LogP contribution in [-0.2, 0) is 14.3 Å². The fourth-order valence-corrected chi connectivity index (χ4v) is 3.92. The van der Waals surface area contributed by atoms with Gasteiger partial charge in [0.15, 0.2) is 0 Å². The number of likely N-dealkylation sites (tertiary alicyclic amines) is 1. The van der Waals surface area contributed by atoms with E-state index in [1.54, 1.807) is 16.7 Å². The number of hydrogen-bond acceptors (Lipinski definition) is 4. The Balaban J connectivity index is 1.83. The van der Waals surface area contributed by atoms with Crippen molar-refractivity contribution in [1.82, 2.24) is 15.1 Å². The molecule has 1 saturated heterocycles. The van der Waals surface area contributed by atoms with Crippen molar-refractivity contribution in [3.8, 4) is 0 Å². The van der Waals surface area contributed by atoms with Crippen molar-refractivity contribution >= 4 is 17.9 Å². The lowest BCUT2D eigenvalue weighted by atomic mass is 10.0. The number of amides is 3. The summed E-state index contributed by atoms with van der Waals surface area (Å²) >= 11 is 0. The highest BCUT2D eigenvalue weighted by atomic mass is 16.6. The molecule has 1 aliphatic heterocycles. The normalized spacial score (nSPS) is 19.5. The van der Waals surface area contributed by atoms with Gasteiger partial charge in [-0.1, -0.05) is 25.7 Å². The number of nitrogens with one attached hydrogen (secondary N) is 1. The average molecular weight is 367 g/mol. The summed E-state index contributed by atoms with van der Waals surface area (Å²) in [6, 6.07) is 0.238. The van der Waals surface area contributed by atoms with Gasteiger partial charge >= 0.3 is 6.09 Å². The summed E-state index contributed by atoms with van der Waals surface area (Å²) in [6.45, 7) is 4.87. The highest BCUT2D eigenvalue weighted by Gasteiger charge is 2.30. The van der Waals surface area contributed by atoms with E-state index < -0.39 is 0 Å². The molecule has 1 aliphatic carbocycles. The van der Waals surface area contributed by atoms with E-state index in [9.17, 15) is 14.4 Å². The van der Waals surface area contributed by atoms with Crippen molar-refractivity contribution in [1.29, 1.82) is 0 Å². The third-order valence-electron chi connectivity index (χ3n) is 5.37. The Labute approximate surface area is 156 Å². The van der Waals surface area contributed by atoms with E-state index in [0.717, 1.165) is 25.7 Å². The van der Waals surface area contributed by atoms with Gasteiger partial charge in [0.25, 0.3) is 0 Å². The molecule has 26 heavy (non-hydrogen) atoms. The number of carbonyl (C=O) groups excluding carboxylic acids is 3. The Morgan fingerprint density at radius 1 is 1.04 bits per heavy atom. The highest BCUT2D eigenvalue weighted by molar-refractivity contribution is 5.84. The molecule has 7 nitrogen and oxygen atoms in total. The number of carbonyl (C=O) groups is 3. The minimum Gasteiger partial charge on any atom is -0.450 e. The summed E-state index contributed by atoms with van der Waals surface area (Å²) in [6.07, 6.45) is 7.92. The topological polar surface area (TPSA) is 79.0 Å². The van der Waals surface area contributed by atoms with Crippen LogP contribution in [0.25, 0.3) is 0 Å². The predicted octanol–water partition coefficient (Wildman–Crippen LogP) is 2.29. The minimum absolute atomic E-state index is 0.00180. The molecule has 1 saturated carbocycles. The van der Waals surface area contributed by atoms with Gasteiger partial charge in [0.2, 0.25) is 11.8 Å². The molecule has 2 aliphatic rings. The molecule has 0 unspecified atom stereocenters. The first-order chi connectivity index (χ1) is 12.5. The molecule has 1 N–H and O–H groups in total. The van der Waals surface area contributed by atoms with Gasteiger partial charge in [0.05, 0.1) is 13.2 Å². The van der Waals surface area contributed by atoms with E-state index in [-0.39, 0.29) is 36.5 Å². The Morgan fingerprint density at radius 3 is 2.19 bits per heavy atom. The van der Waals surface area contributed by atoms with Crippen LogP contribution in [0.2, 0.25) is 0 Å². The molecule has 148 valence electrons. The van der Waals surface area contributed by atoms with Gasteiger partial charge in [0.1, 0.15) is 0 Å². The van der Waals surface area contributed by atoms with Crippen molar-refractivity contribution in [3.05, 3.63) is 0 Å². The SMILES string of the molecule is CCOC(=O)N1CCC(N(CC(=O)NC2CCCCCC2)C(C)=O)CC1. The second-order valence-electron chi connectivity index (χ2n) is 7.32. The molecular formula is C19H33N3O4. The first kappa shape index (κ1) is 20.5. The van der Waals surface area contributed by atoms with Crippen LogP contribution < -0.4 is 5.32 Å². The van der Waals surface area contributed by atoms with E-state index in [1.807, 2.05) is 0 Å². The zero-order chi connectivity index (χ0) is 18.9. The summed E-state index contributed by atoms with van der Waals surface area (Å²) in [5.74, 6) is -0.157. The molecule has 0 atom stereocenters. The van der Waals surface area contributed by atoms with Crippen LogP contribution in [0.3, 0.4) is 0 Å². The lowest BCUT2D eigenvalue weighted by Gasteiger charge is -2.37. The largest absolute Gasteiger partial charge is 0.450 e. The lowest BCUT2D eigenvalue weighted by Crippen LogP contribution is -2.52. The fraction of sp³-hybridized carbons (Fsp3) is 0.842. The van der Waals surface area contributed by atoms with E-state index >= 15 is 0 Å². The van der Waals surface area contributed by atoms with Gasteiger partial charge in [0, 0.05) is 32.1 Å². The smallest absolute Gasteiger partial charge is 0.409 e. The van der Waals surface area contributed by atoms with Gasteiger partial charge in [-0.05, 0) is 32.6 Å².